The number of phenols is 1. The van der Waals surface area contributed by atoms with E-state index in [9.17, 15) is 21.9 Å². The van der Waals surface area contributed by atoms with E-state index in [4.69, 9.17) is 4.74 Å². The molecule has 8 nitrogen and oxygen atoms in total. The molecular weight excluding hydrogens is 460 g/mol. The predicted octanol–water partition coefficient (Wildman–Crippen LogP) is 3.38. The Morgan fingerprint density at radius 1 is 0.935 bits per heavy atom. The predicted molar refractivity (Wildman–Crippen MR) is 128 cm³/mol. The number of benzene rings is 1. The molecule has 0 amide bonds. The van der Waals surface area contributed by atoms with Crippen molar-refractivity contribution in [2.45, 2.75) is 83.1 Å². The van der Waals surface area contributed by atoms with E-state index in [0.29, 0.717) is 4.90 Å². The number of rotatable bonds is 13. The van der Waals surface area contributed by atoms with Crippen molar-refractivity contribution in [3.63, 3.8) is 0 Å². The number of thiol groups is 1. The molecule has 0 aliphatic rings. The van der Waals surface area contributed by atoms with Crippen LogP contribution in [0.1, 0.15) is 64.9 Å². The Morgan fingerprint density at radius 3 is 1.87 bits per heavy atom. The minimum atomic E-state index is -3.36. The number of sulfonamides is 2. The Morgan fingerprint density at radius 2 is 1.42 bits per heavy atom. The summed E-state index contributed by atoms with van der Waals surface area (Å²) < 4.78 is 52.4. The molecule has 11 heteroatoms. The highest BCUT2D eigenvalue weighted by Crippen LogP contribution is 2.22. The molecule has 1 rings (SSSR count). The number of aromatic hydroxyl groups is 1. The second kappa shape index (κ2) is 15.1. The lowest BCUT2D eigenvalue weighted by molar-refractivity contribution is -0.00262. The third-order valence-electron chi connectivity index (χ3n) is 4.03. The molecule has 0 bridgehead atoms. The van der Waals surface area contributed by atoms with Crippen LogP contribution in [0, 0.1) is 0 Å². The van der Waals surface area contributed by atoms with E-state index in [-0.39, 0.29) is 5.75 Å². The zero-order valence-electron chi connectivity index (χ0n) is 19.1. The Bertz CT molecular complexity index is 806. The Kier molecular flexibility index (Phi) is 14.7. The van der Waals surface area contributed by atoms with Crippen molar-refractivity contribution in [1.29, 1.82) is 0 Å². The molecule has 2 atom stereocenters. The Balaban J connectivity index is 0.000000582. The molecule has 0 radical (unpaired) electrons. The van der Waals surface area contributed by atoms with Crippen LogP contribution in [0.5, 0.6) is 5.75 Å². The first kappa shape index (κ1) is 30.1. The summed E-state index contributed by atoms with van der Waals surface area (Å²) in [5.74, 6) is 0.273. The quantitative estimate of drug-likeness (QED) is 0.188. The summed E-state index contributed by atoms with van der Waals surface area (Å²) in [4.78, 5) is 0.684. The third-order valence-corrected chi connectivity index (χ3v) is 5.91. The number of hydrogen-bond acceptors (Lipinski definition) is 7. The number of nitrogens with one attached hydrogen (secondary N) is 2. The van der Waals surface area contributed by atoms with Gasteiger partial charge < -0.3 is 9.84 Å². The summed E-state index contributed by atoms with van der Waals surface area (Å²) in [5.41, 5.74) is 1.28. The van der Waals surface area contributed by atoms with Gasteiger partial charge in [0.15, 0.2) is 0 Å². The highest BCUT2D eigenvalue weighted by molar-refractivity contribution is 7.89. The van der Waals surface area contributed by atoms with Crippen LogP contribution < -0.4 is 9.44 Å². The highest BCUT2D eigenvalue weighted by Gasteiger charge is 2.14. The molecule has 0 spiro atoms. The molecule has 1 aromatic rings. The number of phenolic OH excluding ortho intramolecular Hbond substituents is 1. The lowest BCUT2D eigenvalue weighted by Crippen LogP contribution is -2.41. The van der Waals surface area contributed by atoms with Crippen molar-refractivity contribution in [2.75, 3.05) is 12.5 Å². The van der Waals surface area contributed by atoms with E-state index in [1.165, 1.54) is 57.9 Å². The Hall–Kier alpha value is -0.850. The standard InChI is InChI=1S/C14H22OS.C6H16N2O5S2/c1-2-3-4-5-6-7-8-12-9-10-13(15)14(16)11-12;1-5(7-14(3,9)10)13-6(2)8-15(4,11)12/h9-11,15-16H,2-8H2,1H3;5-8H,1-4H3. The fraction of sp³-hybridized carbons (Fsp3) is 0.700. The summed E-state index contributed by atoms with van der Waals surface area (Å²) in [6.07, 6.45) is 9.39. The first-order chi connectivity index (χ1) is 14.2. The average Bonchev–Trinajstić information content (AvgIpc) is 2.58. The van der Waals surface area contributed by atoms with Crippen molar-refractivity contribution >= 4 is 32.7 Å². The second-order valence-corrected chi connectivity index (χ2v) is 11.6. The van der Waals surface area contributed by atoms with Gasteiger partial charge in [0.25, 0.3) is 0 Å². The van der Waals surface area contributed by atoms with Crippen molar-refractivity contribution in [3.8, 4) is 5.75 Å². The van der Waals surface area contributed by atoms with E-state index in [1.807, 2.05) is 12.1 Å². The zero-order valence-corrected chi connectivity index (χ0v) is 21.6. The van der Waals surface area contributed by atoms with Crippen molar-refractivity contribution in [1.82, 2.24) is 9.44 Å². The molecule has 0 aliphatic carbocycles. The van der Waals surface area contributed by atoms with Crippen LogP contribution >= 0.6 is 12.6 Å². The van der Waals surface area contributed by atoms with Gasteiger partial charge in [0.2, 0.25) is 20.0 Å². The van der Waals surface area contributed by atoms with E-state index >= 15 is 0 Å². The second-order valence-electron chi connectivity index (χ2n) is 7.54. The van der Waals surface area contributed by atoms with Crippen LogP contribution in [0.25, 0.3) is 0 Å². The summed E-state index contributed by atoms with van der Waals surface area (Å²) in [5, 5.41) is 9.34. The van der Waals surface area contributed by atoms with Gasteiger partial charge in [-0.2, -0.15) is 9.44 Å². The molecule has 0 aromatic heterocycles. The first-order valence-corrected chi connectivity index (χ1v) is 14.6. The molecule has 0 aliphatic heterocycles. The lowest BCUT2D eigenvalue weighted by Gasteiger charge is -2.19. The fourth-order valence-electron chi connectivity index (χ4n) is 2.80. The normalized spacial score (nSPS) is 13.9. The van der Waals surface area contributed by atoms with Gasteiger partial charge >= 0.3 is 0 Å². The van der Waals surface area contributed by atoms with Gasteiger partial charge in [-0.15, -0.1) is 12.6 Å². The molecule has 31 heavy (non-hydrogen) atoms. The molecule has 2 unspecified atom stereocenters. The van der Waals surface area contributed by atoms with E-state index in [0.717, 1.165) is 18.9 Å². The number of aryl methyl sites for hydroxylation is 1. The van der Waals surface area contributed by atoms with Gasteiger partial charge in [-0.1, -0.05) is 45.1 Å². The summed E-state index contributed by atoms with van der Waals surface area (Å²) >= 11 is 4.21. The van der Waals surface area contributed by atoms with Crippen LogP contribution in [-0.2, 0) is 31.2 Å². The molecule has 0 saturated carbocycles. The van der Waals surface area contributed by atoms with Gasteiger partial charge in [0.1, 0.15) is 18.2 Å². The minimum absolute atomic E-state index is 0.273. The fourth-order valence-corrected chi connectivity index (χ4v) is 4.36. The molecular formula is C20H38N2O6S3. The van der Waals surface area contributed by atoms with Crippen LogP contribution in [0.4, 0.5) is 0 Å². The monoisotopic (exact) mass is 498 g/mol. The molecule has 0 heterocycles. The van der Waals surface area contributed by atoms with E-state index in [2.05, 4.69) is 29.0 Å². The number of unbranched alkanes of at least 4 members (excludes halogenated alkanes) is 5. The van der Waals surface area contributed by atoms with Gasteiger partial charge in [0.05, 0.1) is 12.5 Å². The topological polar surface area (TPSA) is 122 Å². The van der Waals surface area contributed by atoms with Gasteiger partial charge in [-0.25, -0.2) is 16.8 Å². The molecule has 3 N–H and O–H groups in total. The SMILES string of the molecule is CC(NS(C)(=O)=O)OC(C)NS(C)(=O)=O.CCCCCCCCc1ccc(O)c(S)c1. The number of ether oxygens (including phenoxy) is 1. The smallest absolute Gasteiger partial charge is 0.210 e. The van der Waals surface area contributed by atoms with Crippen molar-refractivity contribution in [2.24, 2.45) is 0 Å². The largest absolute Gasteiger partial charge is 0.507 e. The average molecular weight is 499 g/mol. The van der Waals surface area contributed by atoms with Crippen LogP contribution in [0.3, 0.4) is 0 Å². The van der Waals surface area contributed by atoms with Crippen molar-refractivity contribution < 1.29 is 26.7 Å². The maximum atomic E-state index is 10.8. The molecule has 0 saturated heterocycles. The zero-order chi connectivity index (χ0) is 24.1. The van der Waals surface area contributed by atoms with Crippen molar-refractivity contribution in [3.05, 3.63) is 23.8 Å². The molecule has 0 fully saturated rings. The summed E-state index contributed by atoms with van der Waals surface area (Å²) in [7, 11) is -6.73. The summed E-state index contributed by atoms with van der Waals surface area (Å²) in [6.45, 7) is 5.16. The lowest BCUT2D eigenvalue weighted by atomic mass is 10.0. The van der Waals surface area contributed by atoms with Gasteiger partial charge in [-0.3, -0.25) is 0 Å². The first-order valence-electron chi connectivity index (χ1n) is 10.3. The van der Waals surface area contributed by atoms with E-state index in [1.54, 1.807) is 6.07 Å². The summed E-state index contributed by atoms with van der Waals surface area (Å²) in [6, 6.07) is 5.68. The molecule has 1 aromatic carbocycles. The van der Waals surface area contributed by atoms with Gasteiger partial charge in [0, 0.05) is 4.90 Å². The Labute approximate surface area is 193 Å². The van der Waals surface area contributed by atoms with E-state index < -0.39 is 32.5 Å². The highest BCUT2D eigenvalue weighted by atomic mass is 32.2. The van der Waals surface area contributed by atoms with Crippen LogP contribution in [0.2, 0.25) is 0 Å². The number of hydrogen-bond donors (Lipinski definition) is 4. The minimum Gasteiger partial charge on any atom is -0.507 e. The maximum Gasteiger partial charge on any atom is 0.210 e. The molecule has 182 valence electrons. The maximum absolute atomic E-state index is 10.8. The van der Waals surface area contributed by atoms with Crippen LogP contribution in [-0.4, -0.2) is 46.9 Å². The third kappa shape index (κ3) is 18.4. The van der Waals surface area contributed by atoms with Gasteiger partial charge in [-0.05, 0) is 44.4 Å². The van der Waals surface area contributed by atoms with Crippen LogP contribution in [0.15, 0.2) is 23.1 Å².